The maximum Gasteiger partial charge on any atom is 0.307 e. The van der Waals surface area contributed by atoms with Gasteiger partial charge in [-0.05, 0) is 13.0 Å². The molecule has 0 aliphatic carbocycles. The van der Waals surface area contributed by atoms with Crippen molar-refractivity contribution in [3.05, 3.63) is 29.8 Å². The number of carbonyl (C=O) groups is 1. The van der Waals surface area contributed by atoms with Gasteiger partial charge in [-0.1, -0.05) is 0 Å². The number of rotatable bonds is 3. The van der Waals surface area contributed by atoms with Crippen LogP contribution in [0.25, 0.3) is 11.4 Å². The summed E-state index contributed by atoms with van der Waals surface area (Å²) in [6, 6.07) is 1.78. The summed E-state index contributed by atoms with van der Waals surface area (Å²) in [5, 5.41) is 15.3. The zero-order chi connectivity index (χ0) is 11.5. The van der Waals surface area contributed by atoms with E-state index in [1.165, 1.54) is 12.5 Å². The summed E-state index contributed by atoms with van der Waals surface area (Å²) in [5.74, 6) is -0.895. The molecule has 2 N–H and O–H groups in total. The second-order valence-corrected chi connectivity index (χ2v) is 3.39. The summed E-state index contributed by atoms with van der Waals surface area (Å²) in [6.45, 7) is 1.85. The van der Waals surface area contributed by atoms with E-state index in [0.29, 0.717) is 17.0 Å². The molecule has 0 aliphatic heterocycles. The molecule has 0 saturated heterocycles. The molecular formula is C10H10N4O2. The van der Waals surface area contributed by atoms with Gasteiger partial charge in [-0.3, -0.25) is 9.89 Å². The second-order valence-electron chi connectivity index (χ2n) is 3.39. The minimum Gasteiger partial charge on any atom is -0.481 e. The van der Waals surface area contributed by atoms with Gasteiger partial charge in [0.25, 0.3) is 0 Å². The van der Waals surface area contributed by atoms with Crippen molar-refractivity contribution in [3.63, 3.8) is 0 Å². The average Bonchev–Trinajstić information content (AvgIpc) is 2.65. The summed E-state index contributed by atoms with van der Waals surface area (Å²) in [4.78, 5) is 18.7. The third-order valence-electron chi connectivity index (χ3n) is 2.12. The molecule has 82 valence electrons. The fourth-order valence-corrected chi connectivity index (χ4v) is 1.42. The summed E-state index contributed by atoms with van der Waals surface area (Å²) in [6.07, 6.45) is 2.87. The fraction of sp³-hybridized carbons (Fsp3) is 0.200. The zero-order valence-electron chi connectivity index (χ0n) is 8.64. The van der Waals surface area contributed by atoms with E-state index < -0.39 is 5.97 Å². The van der Waals surface area contributed by atoms with Crippen LogP contribution in [0, 0.1) is 6.92 Å². The lowest BCUT2D eigenvalue weighted by Gasteiger charge is -2.00. The van der Waals surface area contributed by atoms with Crippen LogP contribution in [-0.4, -0.2) is 31.2 Å². The predicted molar refractivity (Wildman–Crippen MR) is 55.7 cm³/mol. The third kappa shape index (κ3) is 2.05. The van der Waals surface area contributed by atoms with Crippen molar-refractivity contribution in [1.29, 1.82) is 0 Å². The Bertz CT molecular complexity index is 521. The van der Waals surface area contributed by atoms with Crippen LogP contribution in [0.2, 0.25) is 0 Å². The van der Waals surface area contributed by atoms with E-state index in [0.717, 1.165) is 5.69 Å². The lowest BCUT2D eigenvalue weighted by molar-refractivity contribution is -0.136. The maximum absolute atomic E-state index is 10.6. The normalized spacial score (nSPS) is 10.3. The molecule has 0 saturated carbocycles. The molecule has 6 nitrogen and oxygen atoms in total. The number of carboxylic acids is 1. The Hall–Kier alpha value is -2.24. The van der Waals surface area contributed by atoms with Gasteiger partial charge in [0.1, 0.15) is 6.33 Å². The Kier molecular flexibility index (Phi) is 2.63. The van der Waals surface area contributed by atoms with E-state index in [1.54, 1.807) is 6.07 Å². The Labute approximate surface area is 91.4 Å². The van der Waals surface area contributed by atoms with Gasteiger partial charge >= 0.3 is 5.97 Å². The molecule has 0 bridgehead atoms. The van der Waals surface area contributed by atoms with E-state index >= 15 is 0 Å². The van der Waals surface area contributed by atoms with Crippen molar-refractivity contribution >= 4 is 5.97 Å². The van der Waals surface area contributed by atoms with Crippen molar-refractivity contribution in [2.75, 3.05) is 0 Å². The number of carboxylic acid groups (broad SMARTS) is 1. The van der Waals surface area contributed by atoms with Gasteiger partial charge in [-0.25, -0.2) is 9.97 Å². The van der Waals surface area contributed by atoms with E-state index in [4.69, 9.17) is 5.11 Å². The summed E-state index contributed by atoms with van der Waals surface area (Å²) in [5.41, 5.74) is 2.72. The zero-order valence-corrected chi connectivity index (χ0v) is 8.64. The predicted octanol–water partition coefficient (Wildman–Crippen LogP) is 0.802. The van der Waals surface area contributed by atoms with E-state index in [9.17, 15) is 4.79 Å². The number of nitrogens with one attached hydrogen (secondary N) is 1. The van der Waals surface area contributed by atoms with Crippen LogP contribution in [0.3, 0.4) is 0 Å². The maximum atomic E-state index is 10.6. The molecule has 0 unspecified atom stereocenters. The largest absolute Gasteiger partial charge is 0.481 e. The van der Waals surface area contributed by atoms with Crippen molar-refractivity contribution in [1.82, 2.24) is 20.2 Å². The smallest absolute Gasteiger partial charge is 0.307 e. The Balaban J connectivity index is 2.40. The monoisotopic (exact) mass is 218 g/mol. The van der Waals surface area contributed by atoms with Gasteiger partial charge in [0.2, 0.25) is 0 Å². The van der Waals surface area contributed by atoms with Gasteiger partial charge in [-0.2, -0.15) is 5.10 Å². The van der Waals surface area contributed by atoms with Crippen LogP contribution in [0.15, 0.2) is 18.6 Å². The summed E-state index contributed by atoms with van der Waals surface area (Å²) >= 11 is 0. The number of aromatic nitrogens is 4. The van der Waals surface area contributed by atoms with Crippen LogP contribution in [0.1, 0.15) is 11.3 Å². The highest BCUT2D eigenvalue weighted by molar-refractivity contribution is 5.73. The highest BCUT2D eigenvalue weighted by atomic mass is 16.4. The fourth-order valence-electron chi connectivity index (χ4n) is 1.42. The van der Waals surface area contributed by atoms with Gasteiger partial charge in [-0.15, -0.1) is 0 Å². The SMILES string of the molecule is Cc1cc(-c2[nH]ncc2CC(=O)O)ncn1. The summed E-state index contributed by atoms with van der Waals surface area (Å²) in [7, 11) is 0. The lowest BCUT2D eigenvalue weighted by atomic mass is 10.1. The number of nitrogens with zero attached hydrogens (tertiary/aromatic N) is 3. The molecule has 0 fully saturated rings. The Morgan fingerprint density at radius 1 is 1.50 bits per heavy atom. The Morgan fingerprint density at radius 3 is 3.00 bits per heavy atom. The third-order valence-corrected chi connectivity index (χ3v) is 2.12. The quantitative estimate of drug-likeness (QED) is 0.795. The minimum atomic E-state index is -0.895. The average molecular weight is 218 g/mol. The molecule has 6 heteroatoms. The molecule has 2 rings (SSSR count). The van der Waals surface area contributed by atoms with E-state index in [2.05, 4.69) is 20.2 Å². The number of aromatic amines is 1. The number of hydrogen-bond donors (Lipinski definition) is 2. The number of aryl methyl sites for hydroxylation is 1. The van der Waals surface area contributed by atoms with Crippen molar-refractivity contribution in [3.8, 4) is 11.4 Å². The van der Waals surface area contributed by atoms with Crippen LogP contribution in [0.4, 0.5) is 0 Å². The Morgan fingerprint density at radius 2 is 2.31 bits per heavy atom. The van der Waals surface area contributed by atoms with Crippen LogP contribution in [0.5, 0.6) is 0 Å². The van der Waals surface area contributed by atoms with Crippen molar-refractivity contribution in [2.24, 2.45) is 0 Å². The van der Waals surface area contributed by atoms with Crippen LogP contribution < -0.4 is 0 Å². The molecule has 2 aromatic heterocycles. The van der Waals surface area contributed by atoms with Gasteiger partial charge in [0.15, 0.2) is 0 Å². The molecule has 0 spiro atoms. The molecule has 0 atom stereocenters. The molecule has 0 amide bonds. The summed E-state index contributed by atoms with van der Waals surface area (Å²) < 4.78 is 0. The number of hydrogen-bond acceptors (Lipinski definition) is 4. The van der Waals surface area contributed by atoms with E-state index in [1.807, 2.05) is 6.92 Å². The molecule has 0 radical (unpaired) electrons. The number of aliphatic carboxylic acids is 1. The number of H-pyrrole nitrogens is 1. The molecular weight excluding hydrogens is 208 g/mol. The molecule has 0 aromatic carbocycles. The molecule has 2 heterocycles. The van der Waals surface area contributed by atoms with Gasteiger partial charge in [0.05, 0.1) is 24.0 Å². The standard InChI is InChI=1S/C10H10N4O2/c1-6-2-8(12-5-11-6)10-7(3-9(15)16)4-13-14-10/h2,4-5H,3H2,1H3,(H,13,14)(H,15,16). The minimum absolute atomic E-state index is 0.0745. The first-order chi connectivity index (χ1) is 7.66. The van der Waals surface area contributed by atoms with E-state index in [-0.39, 0.29) is 6.42 Å². The van der Waals surface area contributed by atoms with Gasteiger partial charge in [0, 0.05) is 11.3 Å². The first-order valence-corrected chi connectivity index (χ1v) is 4.70. The second kappa shape index (κ2) is 4.09. The van der Waals surface area contributed by atoms with Crippen molar-refractivity contribution < 1.29 is 9.90 Å². The van der Waals surface area contributed by atoms with Crippen LogP contribution >= 0.6 is 0 Å². The topological polar surface area (TPSA) is 91.8 Å². The first-order valence-electron chi connectivity index (χ1n) is 4.70. The molecule has 16 heavy (non-hydrogen) atoms. The van der Waals surface area contributed by atoms with Gasteiger partial charge < -0.3 is 5.11 Å². The molecule has 0 aliphatic rings. The van der Waals surface area contributed by atoms with Crippen molar-refractivity contribution in [2.45, 2.75) is 13.3 Å². The lowest BCUT2D eigenvalue weighted by Crippen LogP contribution is -2.01. The van der Waals surface area contributed by atoms with Crippen LogP contribution in [-0.2, 0) is 11.2 Å². The molecule has 2 aromatic rings. The highest BCUT2D eigenvalue weighted by Crippen LogP contribution is 2.19. The highest BCUT2D eigenvalue weighted by Gasteiger charge is 2.12. The first kappa shape index (κ1) is 10.3.